The van der Waals surface area contributed by atoms with Crippen LogP contribution in [0.5, 0.6) is 0 Å². The number of carboxylic acids is 1. The number of esters is 2. The number of carbonyl (C=O) groups excluding carboxylic acids is 2. The van der Waals surface area contributed by atoms with Gasteiger partial charge in [-0.15, -0.1) is 0 Å². The van der Waals surface area contributed by atoms with Gasteiger partial charge in [-0.2, -0.15) is 0 Å². The Morgan fingerprint density at radius 1 is 0.492 bits per heavy atom. The summed E-state index contributed by atoms with van der Waals surface area (Å²) in [5, 5.41) is 9.64. The fourth-order valence-corrected chi connectivity index (χ4v) is 5.83. The Kier molecular flexibility index (Phi) is 40.5. The molecule has 0 bridgehead atoms. The minimum Gasteiger partial charge on any atom is -0.477 e. The maximum Gasteiger partial charge on any atom is 0.362 e. The molecule has 2 unspecified atom stereocenters. The number of aliphatic carboxylic acids is 1. The van der Waals surface area contributed by atoms with Gasteiger partial charge in [-0.3, -0.25) is 9.59 Å². The van der Waals surface area contributed by atoms with E-state index in [9.17, 15) is 19.5 Å². The van der Waals surface area contributed by atoms with Crippen LogP contribution < -0.4 is 0 Å². The quantitative estimate of drug-likeness (QED) is 0.0216. The van der Waals surface area contributed by atoms with Crippen molar-refractivity contribution in [3.8, 4) is 0 Å². The molecule has 0 fully saturated rings. The predicted molar refractivity (Wildman–Crippen MR) is 265 cm³/mol. The third-order valence-corrected chi connectivity index (χ3v) is 9.40. The summed E-state index contributed by atoms with van der Waals surface area (Å²) >= 11 is 0. The van der Waals surface area contributed by atoms with Crippen molar-refractivity contribution in [2.45, 2.75) is 142 Å². The highest BCUT2D eigenvalue weighted by molar-refractivity contribution is 5.72. The number of carboxylic acid groups (broad SMARTS) is 1. The molecule has 0 heterocycles. The molecular formula is C55H84NO7+. The third kappa shape index (κ3) is 42.3. The Morgan fingerprint density at radius 3 is 1.40 bits per heavy atom. The zero-order valence-corrected chi connectivity index (χ0v) is 39.7. The van der Waals surface area contributed by atoms with E-state index in [-0.39, 0.29) is 49.1 Å². The molecule has 350 valence electrons. The van der Waals surface area contributed by atoms with Crippen molar-refractivity contribution in [2.75, 3.05) is 41.0 Å². The number of allylic oxidation sites excluding steroid dienone is 24. The first-order chi connectivity index (χ1) is 30.6. The van der Waals surface area contributed by atoms with Gasteiger partial charge in [-0.1, -0.05) is 173 Å². The highest BCUT2D eigenvalue weighted by Crippen LogP contribution is 2.11. The van der Waals surface area contributed by atoms with E-state index < -0.39 is 18.1 Å². The van der Waals surface area contributed by atoms with Crippen LogP contribution in [-0.2, 0) is 28.6 Å². The van der Waals surface area contributed by atoms with Crippen molar-refractivity contribution in [3.63, 3.8) is 0 Å². The molecule has 0 saturated carbocycles. The first-order valence-corrected chi connectivity index (χ1v) is 23.5. The van der Waals surface area contributed by atoms with Crippen LogP contribution >= 0.6 is 0 Å². The molecule has 0 aromatic heterocycles. The maximum absolute atomic E-state index is 12.8. The summed E-state index contributed by atoms with van der Waals surface area (Å²) in [6.45, 7) is 4.36. The van der Waals surface area contributed by atoms with Gasteiger partial charge in [-0.25, -0.2) is 4.79 Å². The molecule has 63 heavy (non-hydrogen) atoms. The average Bonchev–Trinajstić information content (AvgIpc) is 3.24. The number of carbonyl (C=O) groups is 3. The molecular weight excluding hydrogens is 787 g/mol. The number of likely N-dealkylation sites (N-methyl/N-ethyl adjacent to an activating group) is 1. The van der Waals surface area contributed by atoms with Crippen LogP contribution in [0.3, 0.4) is 0 Å². The smallest absolute Gasteiger partial charge is 0.362 e. The monoisotopic (exact) mass is 871 g/mol. The predicted octanol–water partition coefficient (Wildman–Crippen LogP) is 13.4. The highest BCUT2D eigenvalue weighted by atomic mass is 16.6. The van der Waals surface area contributed by atoms with Crippen LogP contribution in [0.4, 0.5) is 0 Å². The zero-order valence-electron chi connectivity index (χ0n) is 39.7. The van der Waals surface area contributed by atoms with E-state index >= 15 is 0 Å². The summed E-state index contributed by atoms with van der Waals surface area (Å²) in [6, 6.07) is -0.639. The minimum absolute atomic E-state index is 0.0206. The molecule has 8 heteroatoms. The number of hydrogen-bond acceptors (Lipinski definition) is 6. The summed E-state index contributed by atoms with van der Waals surface area (Å²) < 4.78 is 17.2. The normalized spacial score (nSPS) is 14.2. The summed E-state index contributed by atoms with van der Waals surface area (Å²) in [5.74, 6) is -1.59. The van der Waals surface area contributed by atoms with E-state index in [1.165, 1.54) is 0 Å². The van der Waals surface area contributed by atoms with Gasteiger partial charge in [0, 0.05) is 19.3 Å². The summed E-state index contributed by atoms with van der Waals surface area (Å²) in [7, 11) is 5.48. The van der Waals surface area contributed by atoms with Gasteiger partial charge in [0.1, 0.15) is 6.61 Å². The molecule has 0 aromatic carbocycles. The second-order valence-electron chi connectivity index (χ2n) is 16.0. The molecule has 0 amide bonds. The molecule has 0 rings (SSSR count). The van der Waals surface area contributed by atoms with E-state index in [2.05, 4.69) is 98.9 Å². The second kappa shape index (κ2) is 43.8. The first kappa shape index (κ1) is 58.2. The van der Waals surface area contributed by atoms with E-state index in [1.54, 1.807) is 0 Å². The topological polar surface area (TPSA) is 99.1 Å². The Hall–Kier alpha value is -4.79. The fourth-order valence-electron chi connectivity index (χ4n) is 5.83. The van der Waals surface area contributed by atoms with Gasteiger partial charge in [-0.05, 0) is 83.5 Å². The van der Waals surface area contributed by atoms with E-state index in [0.29, 0.717) is 19.3 Å². The molecule has 0 aliphatic heterocycles. The van der Waals surface area contributed by atoms with Crippen molar-refractivity contribution >= 4 is 17.9 Å². The van der Waals surface area contributed by atoms with E-state index in [4.69, 9.17) is 14.2 Å². The second-order valence-corrected chi connectivity index (χ2v) is 16.0. The molecule has 1 N–H and O–H groups in total. The lowest BCUT2D eigenvalue weighted by Crippen LogP contribution is -2.50. The number of ether oxygens (including phenoxy) is 3. The van der Waals surface area contributed by atoms with Crippen molar-refractivity contribution < 1.29 is 38.2 Å². The lowest BCUT2D eigenvalue weighted by molar-refractivity contribution is -0.887. The van der Waals surface area contributed by atoms with Crippen LogP contribution in [-0.4, -0.2) is 80.6 Å². The number of nitrogens with zero attached hydrogens (tertiary/aromatic N) is 1. The van der Waals surface area contributed by atoms with Gasteiger partial charge < -0.3 is 23.8 Å². The molecule has 0 aromatic rings. The molecule has 0 radical (unpaired) electrons. The lowest BCUT2D eigenvalue weighted by atomic mass is 10.1. The standard InChI is InChI=1S/C55H83NO7/c1-6-8-10-12-14-16-18-20-22-24-25-26-27-28-30-32-34-36-38-40-42-44-46-54(58)63-51(49-61-48-47-52(55(59)60)56(3,4)5)50-62-53(57)45-43-41-39-37-35-33-31-29-23-21-19-17-15-13-11-9-7-2/h8-11,13-17,19-23,25-26,28-31,33-36,51-52H,6-7,12,18,24,27,32,37-50H2,1-5H3/p+1/b10-8+,11-9+,15-13+,16-14+,19-17+,22-20+,23-21+,26-25+,30-28+,31-29+,35-33+,36-34+. The maximum atomic E-state index is 12.8. The molecule has 8 nitrogen and oxygen atoms in total. The average molecular weight is 871 g/mol. The van der Waals surface area contributed by atoms with Crippen molar-refractivity contribution in [1.29, 1.82) is 0 Å². The third-order valence-electron chi connectivity index (χ3n) is 9.40. The number of quaternary nitrogens is 1. The van der Waals surface area contributed by atoms with Crippen LogP contribution in [0.1, 0.15) is 129 Å². The summed E-state index contributed by atoms with van der Waals surface area (Å²) in [6.07, 6.45) is 64.6. The Balaban J connectivity index is 4.51. The van der Waals surface area contributed by atoms with Gasteiger partial charge >= 0.3 is 17.9 Å². The van der Waals surface area contributed by atoms with E-state index in [1.807, 2.05) is 81.9 Å². The van der Waals surface area contributed by atoms with Gasteiger partial charge in [0.2, 0.25) is 0 Å². The fraction of sp³-hybridized carbons (Fsp3) is 0.509. The van der Waals surface area contributed by atoms with Gasteiger partial charge in [0.05, 0.1) is 34.4 Å². The number of hydrogen-bond donors (Lipinski definition) is 1. The largest absolute Gasteiger partial charge is 0.477 e. The van der Waals surface area contributed by atoms with E-state index in [0.717, 1.165) is 83.5 Å². The number of unbranched alkanes of at least 4 members (excludes halogenated alkanes) is 6. The Labute approximate surface area is 383 Å². The Morgan fingerprint density at radius 2 is 0.921 bits per heavy atom. The first-order valence-electron chi connectivity index (χ1n) is 23.5. The van der Waals surface area contributed by atoms with Crippen molar-refractivity contribution in [3.05, 3.63) is 146 Å². The van der Waals surface area contributed by atoms with Crippen molar-refractivity contribution in [2.24, 2.45) is 0 Å². The van der Waals surface area contributed by atoms with Crippen molar-refractivity contribution in [1.82, 2.24) is 0 Å². The molecule has 2 atom stereocenters. The minimum atomic E-state index is -0.895. The molecule has 0 saturated heterocycles. The van der Waals surface area contributed by atoms with Crippen LogP contribution in [0.25, 0.3) is 0 Å². The number of rotatable bonds is 39. The van der Waals surface area contributed by atoms with Gasteiger partial charge in [0.25, 0.3) is 0 Å². The highest BCUT2D eigenvalue weighted by Gasteiger charge is 2.31. The van der Waals surface area contributed by atoms with Crippen LogP contribution in [0, 0.1) is 0 Å². The molecule has 0 aliphatic rings. The summed E-state index contributed by atoms with van der Waals surface area (Å²) in [5.41, 5.74) is 0. The zero-order chi connectivity index (χ0) is 46.3. The summed E-state index contributed by atoms with van der Waals surface area (Å²) in [4.78, 5) is 37.1. The van der Waals surface area contributed by atoms with Gasteiger partial charge in [0.15, 0.2) is 12.1 Å². The molecule has 0 aliphatic carbocycles. The lowest BCUT2D eigenvalue weighted by Gasteiger charge is -2.31. The van der Waals surface area contributed by atoms with Crippen LogP contribution in [0.15, 0.2) is 146 Å². The molecule has 0 spiro atoms. The Bertz CT molecular complexity index is 1530. The van der Waals surface area contributed by atoms with Crippen LogP contribution in [0.2, 0.25) is 0 Å². The SMILES string of the molecule is CC/C=C/C=C/C=C/C=C/C=C/C=C/CCCCCC(=O)OCC(COCCC(C(=O)O)[N+](C)(C)C)OC(=O)CCCCC/C=C/C/C=C/C/C=C/C/C=C/C/C=C/C/C=C/CC.